The number of methoxy groups -OCH3 is 2. The van der Waals surface area contributed by atoms with Crippen LogP contribution >= 0.6 is 0 Å². The van der Waals surface area contributed by atoms with Gasteiger partial charge >= 0.3 is 0 Å². The van der Waals surface area contributed by atoms with E-state index in [1.54, 1.807) is 14.2 Å². The molecule has 2 fully saturated rings. The molecule has 2 N–H and O–H groups in total. The Hall–Kier alpha value is -0.160. The zero-order valence-corrected chi connectivity index (χ0v) is 9.62. The van der Waals surface area contributed by atoms with E-state index >= 15 is 0 Å². The minimum atomic E-state index is -0.148. The minimum absolute atomic E-state index is 0.148. The molecule has 88 valence electrons. The van der Waals surface area contributed by atoms with Crippen LogP contribution in [0.1, 0.15) is 25.7 Å². The minimum Gasteiger partial charge on any atom is -0.382 e. The molecule has 2 saturated heterocycles. The number of fused-ring (bicyclic) bond motifs is 2. The molecular formula is C11H21NO3. The zero-order chi connectivity index (χ0) is 10.9. The van der Waals surface area contributed by atoms with Gasteiger partial charge in [-0.25, -0.2) is 0 Å². The highest BCUT2D eigenvalue weighted by atomic mass is 16.6. The molecule has 2 aliphatic rings. The topological polar surface area (TPSA) is 53.7 Å². The molecule has 2 heterocycles. The number of rotatable bonds is 4. The highest BCUT2D eigenvalue weighted by molar-refractivity contribution is 5.05. The van der Waals surface area contributed by atoms with Crippen LogP contribution in [0.3, 0.4) is 0 Å². The zero-order valence-electron chi connectivity index (χ0n) is 9.62. The first kappa shape index (κ1) is 11.3. The number of hydrogen-bond acceptors (Lipinski definition) is 4. The lowest BCUT2D eigenvalue weighted by Gasteiger charge is -2.42. The van der Waals surface area contributed by atoms with Crippen LogP contribution in [0.4, 0.5) is 0 Å². The van der Waals surface area contributed by atoms with Crippen LogP contribution < -0.4 is 5.73 Å². The van der Waals surface area contributed by atoms with Crippen LogP contribution in [0.5, 0.6) is 0 Å². The monoisotopic (exact) mass is 215 g/mol. The molecule has 0 aromatic rings. The van der Waals surface area contributed by atoms with Crippen molar-refractivity contribution < 1.29 is 14.2 Å². The molecule has 0 aromatic heterocycles. The summed E-state index contributed by atoms with van der Waals surface area (Å²) in [4.78, 5) is 0. The van der Waals surface area contributed by atoms with Crippen molar-refractivity contribution >= 4 is 0 Å². The van der Waals surface area contributed by atoms with Crippen LogP contribution in [0.25, 0.3) is 0 Å². The van der Waals surface area contributed by atoms with Gasteiger partial charge in [-0.05, 0) is 25.7 Å². The van der Waals surface area contributed by atoms with Gasteiger partial charge in [-0.15, -0.1) is 0 Å². The first-order valence-corrected chi connectivity index (χ1v) is 5.57. The average Bonchev–Trinajstić information content (AvgIpc) is 2.39. The Morgan fingerprint density at radius 1 is 1.13 bits per heavy atom. The van der Waals surface area contributed by atoms with Gasteiger partial charge in [0.15, 0.2) is 0 Å². The Labute approximate surface area is 91.1 Å². The van der Waals surface area contributed by atoms with E-state index in [0.717, 1.165) is 25.7 Å². The van der Waals surface area contributed by atoms with E-state index in [2.05, 4.69) is 0 Å². The molecule has 0 saturated carbocycles. The fourth-order valence-corrected chi connectivity index (χ4v) is 3.18. The van der Waals surface area contributed by atoms with Crippen LogP contribution in [0.2, 0.25) is 0 Å². The van der Waals surface area contributed by atoms with Gasteiger partial charge in [0.25, 0.3) is 0 Å². The van der Waals surface area contributed by atoms with Crippen molar-refractivity contribution in [2.75, 3.05) is 27.4 Å². The molecule has 15 heavy (non-hydrogen) atoms. The summed E-state index contributed by atoms with van der Waals surface area (Å²) in [5.41, 5.74) is 5.80. The molecule has 0 unspecified atom stereocenters. The summed E-state index contributed by atoms with van der Waals surface area (Å²) in [5.74, 6) is 0. The van der Waals surface area contributed by atoms with Crippen molar-refractivity contribution in [3.05, 3.63) is 0 Å². The molecule has 2 rings (SSSR count). The summed E-state index contributed by atoms with van der Waals surface area (Å²) in [6.07, 6.45) is 3.90. The molecule has 0 aromatic carbocycles. The largest absolute Gasteiger partial charge is 0.382 e. The Balaban J connectivity index is 2.12. The lowest BCUT2D eigenvalue weighted by molar-refractivity contribution is -0.182. The third kappa shape index (κ3) is 2.04. The fourth-order valence-electron chi connectivity index (χ4n) is 3.18. The van der Waals surface area contributed by atoms with E-state index in [1.165, 1.54) is 0 Å². The predicted octanol–water partition coefficient (Wildman–Crippen LogP) is 0.688. The summed E-state index contributed by atoms with van der Waals surface area (Å²) < 4.78 is 16.7. The third-order valence-electron chi connectivity index (χ3n) is 3.55. The summed E-state index contributed by atoms with van der Waals surface area (Å²) in [6, 6.07) is 0.214. The molecule has 3 atom stereocenters. The predicted molar refractivity (Wildman–Crippen MR) is 56.7 cm³/mol. The number of nitrogens with two attached hydrogens (primary N) is 1. The molecule has 4 nitrogen and oxygen atoms in total. The SMILES string of the molecule is COC[C@@]12CC[C@@](COC)(C[C@H](N)C1)O2. The maximum absolute atomic E-state index is 6.19. The van der Waals surface area contributed by atoms with Crippen LogP contribution in [0.15, 0.2) is 0 Å². The quantitative estimate of drug-likeness (QED) is 0.749. The fraction of sp³-hybridized carbons (Fsp3) is 1.00. The van der Waals surface area contributed by atoms with Gasteiger partial charge in [0.05, 0.1) is 24.4 Å². The van der Waals surface area contributed by atoms with Crippen molar-refractivity contribution in [1.82, 2.24) is 0 Å². The van der Waals surface area contributed by atoms with Crippen LogP contribution in [-0.4, -0.2) is 44.7 Å². The maximum atomic E-state index is 6.19. The first-order chi connectivity index (χ1) is 7.14. The van der Waals surface area contributed by atoms with Crippen molar-refractivity contribution in [2.45, 2.75) is 42.9 Å². The summed E-state index contributed by atoms with van der Waals surface area (Å²) in [5, 5.41) is 0. The number of ether oxygens (including phenoxy) is 3. The second-order valence-corrected chi connectivity index (χ2v) is 5.00. The van der Waals surface area contributed by atoms with Gasteiger partial charge in [0.2, 0.25) is 0 Å². The lowest BCUT2D eigenvalue weighted by atomic mass is 9.90. The highest BCUT2D eigenvalue weighted by Crippen LogP contribution is 2.47. The lowest BCUT2D eigenvalue weighted by Crippen LogP contribution is -2.52. The van der Waals surface area contributed by atoms with Gasteiger partial charge in [0, 0.05) is 20.3 Å². The van der Waals surface area contributed by atoms with Gasteiger partial charge in [-0.3, -0.25) is 0 Å². The van der Waals surface area contributed by atoms with Gasteiger partial charge in [0.1, 0.15) is 0 Å². The van der Waals surface area contributed by atoms with Gasteiger partial charge < -0.3 is 19.9 Å². The molecule has 4 heteroatoms. The molecular weight excluding hydrogens is 194 g/mol. The van der Waals surface area contributed by atoms with E-state index in [9.17, 15) is 0 Å². The standard InChI is InChI=1S/C11H21NO3/c1-13-7-10-3-4-11(15-10,8-14-2)6-9(12)5-10/h9H,3-8,12H2,1-2H3/t9-,10-,11+. The number of hydrogen-bond donors (Lipinski definition) is 1. The third-order valence-corrected chi connectivity index (χ3v) is 3.55. The van der Waals surface area contributed by atoms with Gasteiger partial charge in [-0.1, -0.05) is 0 Å². The van der Waals surface area contributed by atoms with E-state index in [4.69, 9.17) is 19.9 Å². The summed E-state index contributed by atoms with van der Waals surface area (Å²) in [6.45, 7) is 1.29. The van der Waals surface area contributed by atoms with Crippen molar-refractivity contribution in [3.8, 4) is 0 Å². The molecule has 0 amide bonds. The van der Waals surface area contributed by atoms with Gasteiger partial charge in [-0.2, -0.15) is 0 Å². The normalized spacial score (nSPS) is 44.6. The highest BCUT2D eigenvalue weighted by Gasteiger charge is 2.54. The Kier molecular flexibility index (Phi) is 3.03. The molecule has 0 aliphatic carbocycles. The average molecular weight is 215 g/mol. The Morgan fingerprint density at radius 3 is 2.00 bits per heavy atom. The first-order valence-electron chi connectivity index (χ1n) is 5.57. The van der Waals surface area contributed by atoms with Crippen LogP contribution in [-0.2, 0) is 14.2 Å². The Morgan fingerprint density at radius 2 is 1.60 bits per heavy atom. The van der Waals surface area contributed by atoms with Crippen LogP contribution in [0, 0.1) is 0 Å². The van der Waals surface area contributed by atoms with Crippen molar-refractivity contribution in [3.63, 3.8) is 0 Å². The van der Waals surface area contributed by atoms with E-state index in [0.29, 0.717) is 13.2 Å². The van der Waals surface area contributed by atoms with E-state index < -0.39 is 0 Å². The molecule has 0 radical (unpaired) electrons. The smallest absolute Gasteiger partial charge is 0.0939 e. The van der Waals surface area contributed by atoms with E-state index in [1.807, 2.05) is 0 Å². The summed E-state index contributed by atoms with van der Waals surface area (Å²) in [7, 11) is 3.43. The Bertz CT molecular complexity index is 214. The van der Waals surface area contributed by atoms with Crippen molar-refractivity contribution in [1.29, 1.82) is 0 Å². The molecule has 0 spiro atoms. The summed E-state index contributed by atoms with van der Waals surface area (Å²) >= 11 is 0. The van der Waals surface area contributed by atoms with Crippen molar-refractivity contribution in [2.24, 2.45) is 5.73 Å². The van der Waals surface area contributed by atoms with E-state index in [-0.39, 0.29) is 17.2 Å². The maximum Gasteiger partial charge on any atom is 0.0939 e. The molecule has 2 bridgehead atoms. The molecule has 2 aliphatic heterocycles. The second kappa shape index (κ2) is 4.01. The second-order valence-electron chi connectivity index (χ2n) is 5.00.